The number of rotatable bonds is 8. The van der Waals surface area contributed by atoms with Gasteiger partial charge in [-0.2, -0.15) is 4.98 Å². The number of aryl methyl sites for hydroxylation is 1. The summed E-state index contributed by atoms with van der Waals surface area (Å²) < 4.78 is 5.44. The smallest absolute Gasteiger partial charge is 0.226 e. The predicted molar refractivity (Wildman–Crippen MR) is 84.2 cm³/mol. The molecule has 2 rings (SSSR count). The molecule has 0 unspecified atom stereocenters. The van der Waals surface area contributed by atoms with E-state index < -0.39 is 0 Å². The fraction of sp³-hybridized carbons (Fsp3) is 0.875. The van der Waals surface area contributed by atoms with E-state index in [0.717, 1.165) is 50.7 Å². The first-order chi connectivity index (χ1) is 10.1. The van der Waals surface area contributed by atoms with Gasteiger partial charge in [-0.25, -0.2) is 0 Å². The maximum atomic E-state index is 5.44. The molecule has 120 valence electrons. The van der Waals surface area contributed by atoms with Crippen molar-refractivity contribution in [2.24, 2.45) is 0 Å². The maximum Gasteiger partial charge on any atom is 0.226 e. The van der Waals surface area contributed by atoms with Crippen LogP contribution in [0.5, 0.6) is 0 Å². The summed E-state index contributed by atoms with van der Waals surface area (Å²) >= 11 is 0. The Morgan fingerprint density at radius 1 is 1.14 bits per heavy atom. The number of piperazine rings is 1. The largest absolute Gasteiger partial charge is 0.339 e. The molecule has 2 heterocycles. The van der Waals surface area contributed by atoms with E-state index in [1.54, 1.807) is 0 Å². The quantitative estimate of drug-likeness (QED) is 0.747. The zero-order chi connectivity index (χ0) is 15.1. The van der Waals surface area contributed by atoms with Crippen LogP contribution in [0.4, 0.5) is 0 Å². The SMILES string of the molecule is CCCCCCCc1nc(C(C)(C)N2CCNCC2)no1. The molecule has 1 N–H and O–H groups in total. The minimum Gasteiger partial charge on any atom is -0.339 e. The van der Waals surface area contributed by atoms with Crippen LogP contribution in [0.3, 0.4) is 0 Å². The number of aromatic nitrogens is 2. The summed E-state index contributed by atoms with van der Waals surface area (Å²) in [6.07, 6.45) is 7.23. The normalized spacial score (nSPS) is 17.3. The van der Waals surface area contributed by atoms with Crippen molar-refractivity contribution >= 4 is 0 Å². The lowest BCUT2D eigenvalue weighted by Gasteiger charge is -2.38. The molecule has 1 aromatic rings. The van der Waals surface area contributed by atoms with Gasteiger partial charge >= 0.3 is 0 Å². The zero-order valence-electron chi connectivity index (χ0n) is 13.8. The van der Waals surface area contributed by atoms with Gasteiger partial charge in [-0.15, -0.1) is 0 Å². The van der Waals surface area contributed by atoms with Gasteiger partial charge in [0.1, 0.15) is 0 Å². The van der Waals surface area contributed by atoms with E-state index in [-0.39, 0.29) is 5.54 Å². The highest BCUT2D eigenvalue weighted by Gasteiger charge is 2.34. The van der Waals surface area contributed by atoms with E-state index in [9.17, 15) is 0 Å². The number of hydrogen-bond donors (Lipinski definition) is 1. The van der Waals surface area contributed by atoms with E-state index in [0.29, 0.717) is 0 Å². The molecule has 21 heavy (non-hydrogen) atoms. The second-order valence-electron chi connectivity index (χ2n) is 6.47. The van der Waals surface area contributed by atoms with Crippen molar-refractivity contribution in [3.8, 4) is 0 Å². The van der Waals surface area contributed by atoms with Gasteiger partial charge in [0.25, 0.3) is 0 Å². The highest BCUT2D eigenvalue weighted by atomic mass is 16.5. The van der Waals surface area contributed by atoms with Gasteiger partial charge in [-0.1, -0.05) is 37.8 Å². The average Bonchev–Trinajstić information content (AvgIpc) is 2.98. The summed E-state index contributed by atoms with van der Waals surface area (Å²) in [7, 11) is 0. The van der Waals surface area contributed by atoms with Crippen molar-refractivity contribution < 1.29 is 4.52 Å². The molecule has 0 spiro atoms. The summed E-state index contributed by atoms with van der Waals surface area (Å²) in [6, 6.07) is 0. The molecule has 0 aliphatic carbocycles. The van der Waals surface area contributed by atoms with Crippen molar-refractivity contribution in [1.29, 1.82) is 0 Å². The summed E-state index contributed by atoms with van der Waals surface area (Å²) in [5.41, 5.74) is -0.147. The van der Waals surface area contributed by atoms with Crippen LogP contribution in [0.1, 0.15) is 64.6 Å². The van der Waals surface area contributed by atoms with Gasteiger partial charge in [0.2, 0.25) is 5.89 Å². The molecule has 1 aromatic heterocycles. The lowest BCUT2D eigenvalue weighted by atomic mass is 10.0. The zero-order valence-corrected chi connectivity index (χ0v) is 13.8. The topological polar surface area (TPSA) is 54.2 Å². The van der Waals surface area contributed by atoms with Crippen molar-refractivity contribution in [1.82, 2.24) is 20.4 Å². The Balaban J connectivity index is 1.86. The van der Waals surface area contributed by atoms with Crippen molar-refractivity contribution in [3.63, 3.8) is 0 Å². The van der Waals surface area contributed by atoms with Crippen molar-refractivity contribution in [3.05, 3.63) is 11.7 Å². The summed E-state index contributed by atoms with van der Waals surface area (Å²) in [5.74, 6) is 1.62. The Morgan fingerprint density at radius 3 is 2.57 bits per heavy atom. The Hall–Kier alpha value is -0.940. The third kappa shape index (κ3) is 4.51. The molecular weight excluding hydrogens is 264 g/mol. The summed E-state index contributed by atoms with van der Waals surface area (Å²) in [5, 5.41) is 7.61. The Kier molecular flexibility index (Phi) is 6.18. The molecule has 5 nitrogen and oxygen atoms in total. The van der Waals surface area contributed by atoms with E-state index in [2.05, 4.69) is 41.1 Å². The third-order valence-electron chi connectivity index (χ3n) is 4.42. The van der Waals surface area contributed by atoms with Crippen LogP contribution in [-0.2, 0) is 12.0 Å². The fourth-order valence-electron chi connectivity index (χ4n) is 2.85. The van der Waals surface area contributed by atoms with Crippen LogP contribution in [0, 0.1) is 0 Å². The molecule has 0 atom stereocenters. The number of unbranched alkanes of at least 4 members (excludes halogenated alkanes) is 4. The molecule has 5 heteroatoms. The highest BCUT2D eigenvalue weighted by molar-refractivity contribution is 5.03. The van der Waals surface area contributed by atoms with E-state index in [4.69, 9.17) is 4.52 Å². The fourth-order valence-corrected chi connectivity index (χ4v) is 2.85. The Morgan fingerprint density at radius 2 is 1.86 bits per heavy atom. The molecule has 0 bridgehead atoms. The van der Waals surface area contributed by atoms with Crippen LogP contribution in [-0.4, -0.2) is 41.2 Å². The standard InChI is InChI=1S/C16H30N4O/c1-4-5-6-7-8-9-14-18-15(19-21-14)16(2,3)20-12-10-17-11-13-20/h17H,4-13H2,1-3H3. The first-order valence-electron chi connectivity index (χ1n) is 8.43. The maximum absolute atomic E-state index is 5.44. The summed E-state index contributed by atoms with van der Waals surface area (Å²) in [6.45, 7) is 10.8. The van der Waals surface area contributed by atoms with Gasteiger partial charge in [0, 0.05) is 32.6 Å². The minimum absolute atomic E-state index is 0.147. The van der Waals surface area contributed by atoms with Crippen molar-refractivity contribution in [2.45, 2.75) is 64.8 Å². The van der Waals surface area contributed by atoms with Crippen LogP contribution < -0.4 is 5.32 Å². The van der Waals surface area contributed by atoms with Crippen molar-refractivity contribution in [2.75, 3.05) is 26.2 Å². The molecule has 0 radical (unpaired) electrons. The monoisotopic (exact) mass is 294 g/mol. The van der Waals surface area contributed by atoms with Gasteiger partial charge in [0.05, 0.1) is 5.54 Å². The van der Waals surface area contributed by atoms with Crippen LogP contribution in [0.25, 0.3) is 0 Å². The molecular formula is C16H30N4O. The second kappa shape index (κ2) is 7.90. The van der Waals surface area contributed by atoms with Crippen LogP contribution in [0.2, 0.25) is 0 Å². The number of nitrogens with zero attached hydrogens (tertiary/aromatic N) is 3. The molecule has 1 fully saturated rings. The molecule has 1 saturated heterocycles. The highest BCUT2D eigenvalue weighted by Crippen LogP contribution is 2.25. The van der Waals surface area contributed by atoms with Gasteiger partial charge in [-0.05, 0) is 20.3 Å². The average molecular weight is 294 g/mol. The number of hydrogen-bond acceptors (Lipinski definition) is 5. The summed E-state index contributed by atoms with van der Waals surface area (Å²) in [4.78, 5) is 7.07. The first-order valence-corrected chi connectivity index (χ1v) is 8.43. The van der Waals surface area contributed by atoms with E-state index in [1.807, 2.05) is 0 Å². The minimum atomic E-state index is -0.147. The second-order valence-corrected chi connectivity index (χ2v) is 6.47. The molecule has 1 aliphatic heterocycles. The Labute approximate surface area is 128 Å². The first kappa shape index (κ1) is 16.4. The molecule has 1 aliphatic rings. The number of nitrogens with one attached hydrogen (secondary N) is 1. The third-order valence-corrected chi connectivity index (χ3v) is 4.42. The molecule has 0 saturated carbocycles. The van der Waals surface area contributed by atoms with E-state index >= 15 is 0 Å². The van der Waals surface area contributed by atoms with Gasteiger partial charge in [0.15, 0.2) is 5.82 Å². The predicted octanol–water partition coefficient (Wildman–Crippen LogP) is 2.72. The van der Waals surface area contributed by atoms with Crippen LogP contribution in [0.15, 0.2) is 4.52 Å². The lowest BCUT2D eigenvalue weighted by molar-refractivity contribution is 0.0924. The molecule has 0 aromatic carbocycles. The lowest BCUT2D eigenvalue weighted by Crippen LogP contribution is -2.52. The van der Waals surface area contributed by atoms with Gasteiger partial charge in [-0.3, -0.25) is 4.90 Å². The van der Waals surface area contributed by atoms with Gasteiger partial charge < -0.3 is 9.84 Å². The van der Waals surface area contributed by atoms with Crippen LogP contribution >= 0.6 is 0 Å². The van der Waals surface area contributed by atoms with E-state index in [1.165, 1.54) is 25.7 Å². The Bertz CT molecular complexity index is 410. The molecule has 0 amide bonds.